The number of pyridine rings is 1. The molecule has 3 aromatic rings. The molecule has 21 heavy (non-hydrogen) atoms. The minimum atomic E-state index is -0.175. The van der Waals surface area contributed by atoms with Crippen LogP contribution in [-0.2, 0) is 0 Å². The average molecular weight is 281 g/mol. The summed E-state index contributed by atoms with van der Waals surface area (Å²) < 4.78 is 7.02. The summed E-state index contributed by atoms with van der Waals surface area (Å²) in [6.07, 6.45) is 3.74. The number of rotatable bonds is 3. The normalized spacial score (nSPS) is 10.6. The zero-order valence-electron chi connectivity index (χ0n) is 11.8. The Balaban J connectivity index is 1.85. The van der Waals surface area contributed by atoms with Gasteiger partial charge in [0.1, 0.15) is 11.4 Å². The highest BCUT2D eigenvalue weighted by Crippen LogP contribution is 2.18. The van der Waals surface area contributed by atoms with Crippen LogP contribution in [0.4, 0.5) is 5.69 Å². The fourth-order valence-electron chi connectivity index (χ4n) is 2.15. The van der Waals surface area contributed by atoms with Crippen LogP contribution >= 0.6 is 0 Å². The van der Waals surface area contributed by atoms with Gasteiger partial charge in [-0.15, -0.1) is 0 Å². The van der Waals surface area contributed by atoms with Crippen molar-refractivity contribution in [3.8, 4) is 5.75 Å². The first-order valence-corrected chi connectivity index (χ1v) is 6.56. The Hall–Kier alpha value is -2.82. The molecule has 0 spiro atoms. The molecule has 0 atom stereocenters. The molecule has 1 aromatic carbocycles. The largest absolute Gasteiger partial charge is 0.497 e. The van der Waals surface area contributed by atoms with Gasteiger partial charge >= 0.3 is 0 Å². The number of fused-ring (bicyclic) bond motifs is 1. The molecule has 5 nitrogen and oxygen atoms in total. The first-order valence-electron chi connectivity index (χ1n) is 6.56. The van der Waals surface area contributed by atoms with Crippen LogP contribution < -0.4 is 10.1 Å². The highest BCUT2D eigenvalue weighted by molar-refractivity contribution is 6.04. The van der Waals surface area contributed by atoms with E-state index in [-0.39, 0.29) is 5.91 Å². The fraction of sp³-hybridized carbons (Fsp3) is 0.125. The number of methoxy groups -OCH3 is 1. The summed E-state index contributed by atoms with van der Waals surface area (Å²) >= 11 is 0. The second-order valence-electron chi connectivity index (χ2n) is 4.75. The van der Waals surface area contributed by atoms with E-state index in [0.717, 1.165) is 11.3 Å². The molecule has 0 saturated heterocycles. The zero-order chi connectivity index (χ0) is 14.8. The van der Waals surface area contributed by atoms with Gasteiger partial charge in [-0.25, -0.2) is 4.98 Å². The van der Waals surface area contributed by atoms with E-state index in [1.54, 1.807) is 25.3 Å². The predicted octanol–water partition coefficient (Wildman–Crippen LogP) is 2.90. The van der Waals surface area contributed by atoms with E-state index in [2.05, 4.69) is 10.3 Å². The molecule has 0 aliphatic rings. The van der Waals surface area contributed by atoms with Gasteiger partial charge in [0.05, 0.1) is 12.8 Å². The number of benzene rings is 1. The van der Waals surface area contributed by atoms with Crippen LogP contribution in [0.5, 0.6) is 5.75 Å². The number of hydrogen-bond acceptors (Lipinski definition) is 3. The smallest absolute Gasteiger partial charge is 0.255 e. The van der Waals surface area contributed by atoms with Crippen molar-refractivity contribution in [1.29, 1.82) is 0 Å². The third kappa shape index (κ3) is 2.72. The molecule has 2 aromatic heterocycles. The molecule has 2 heterocycles. The number of aromatic nitrogens is 2. The monoisotopic (exact) mass is 281 g/mol. The number of hydrogen-bond donors (Lipinski definition) is 1. The maximum atomic E-state index is 12.3. The summed E-state index contributed by atoms with van der Waals surface area (Å²) in [6, 6.07) is 10.8. The second-order valence-corrected chi connectivity index (χ2v) is 4.75. The van der Waals surface area contributed by atoms with E-state index in [0.29, 0.717) is 17.0 Å². The van der Waals surface area contributed by atoms with Crippen LogP contribution in [0.15, 0.2) is 48.8 Å². The van der Waals surface area contributed by atoms with E-state index >= 15 is 0 Å². The van der Waals surface area contributed by atoms with Crippen LogP contribution in [0.25, 0.3) is 5.65 Å². The number of nitrogens with one attached hydrogen (secondary N) is 1. The molecular weight excluding hydrogens is 266 g/mol. The van der Waals surface area contributed by atoms with E-state index in [4.69, 9.17) is 4.74 Å². The number of ether oxygens (including phenoxy) is 1. The van der Waals surface area contributed by atoms with E-state index in [1.807, 2.05) is 41.9 Å². The van der Waals surface area contributed by atoms with E-state index in [1.165, 1.54) is 0 Å². The van der Waals surface area contributed by atoms with Crippen molar-refractivity contribution in [2.24, 2.45) is 0 Å². The topological polar surface area (TPSA) is 55.6 Å². The van der Waals surface area contributed by atoms with Gasteiger partial charge in [-0.05, 0) is 31.2 Å². The molecule has 1 N–H and O–H groups in total. The van der Waals surface area contributed by atoms with Crippen molar-refractivity contribution in [2.45, 2.75) is 6.92 Å². The zero-order valence-corrected chi connectivity index (χ0v) is 11.8. The fourth-order valence-corrected chi connectivity index (χ4v) is 2.15. The van der Waals surface area contributed by atoms with E-state index in [9.17, 15) is 4.79 Å². The van der Waals surface area contributed by atoms with Crippen LogP contribution in [0.3, 0.4) is 0 Å². The molecule has 0 radical (unpaired) electrons. The number of amides is 1. The molecule has 0 unspecified atom stereocenters. The highest BCUT2D eigenvalue weighted by Gasteiger charge is 2.08. The summed E-state index contributed by atoms with van der Waals surface area (Å²) in [6.45, 7) is 1.92. The lowest BCUT2D eigenvalue weighted by Crippen LogP contribution is -2.12. The maximum Gasteiger partial charge on any atom is 0.255 e. The Morgan fingerprint density at radius 2 is 2.14 bits per heavy atom. The molecule has 5 heteroatoms. The molecule has 0 aliphatic carbocycles. The highest BCUT2D eigenvalue weighted by atomic mass is 16.5. The number of anilines is 1. The Labute approximate surface area is 122 Å². The van der Waals surface area contributed by atoms with Gasteiger partial charge in [0.2, 0.25) is 0 Å². The first-order chi connectivity index (χ1) is 10.2. The summed E-state index contributed by atoms with van der Waals surface area (Å²) in [5.41, 5.74) is 2.93. The summed E-state index contributed by atoms with van der Waals surface area (Å²) in [4.78, 5) is 16.6. The number of imidazole rings is 1. The second kappa shape index (κ2) is 5.28. The van der Waals surface area contributed by atoms with Gasteiger partial charge < -0.3 is 14.5 Å². The summed E-state index contributed by atoms with van der Waals surface area (Å²) in [5.74, 6) is 0.526. The Morgan fingerprint density at radius 1 is 1.29 bits per heavy atom. The maximum absolute atomic E-state index is 12.3. The molecule has 3 rings (SSSR count). The third-order valence-electron chi connectivity index (χ3n) is 3.17. The van der Waals surface area contributed by atoms with Crippen LogP contribution in [-0.4, -0.2) is 22.4 Å². The minimum Gasteiger partial charge on any atom is -0.497 e. The lowest BCUT2D eigenvalue weighted by atomic mass is 10.2. The van der Waals surface area contributed by atoms with Crippen LogP contribution in [0.1, 0.15) is 16.1 Å². The van der Waals surface area contributed by atoms with Crippen molar-refractivity contribution in [1.82, 2.24) is 9.38 Å². The number of nitrogens with zero attached hydrogens (tertiary/aromatic N) is 2. The molecular formula is C16H15N3O2. The van der Waals surface area contributed by atoms with Crippen LogP contribution in [0, 0.1) is 6.92 Å². The standard InChI is InChI=1S/C16H15N3O2/c1-11-10-19-7-6-12(8-15(19)17-11)16(20)18-13-4-3-5-14(9-13)21-2/h3-10H,1-2H3,(H,18,20). The molecule has 0 aliphatic heterocycles. The molecule has 0 saturated carbocycles. The van der Waals surface area contributed by atoms with Gasteiger partial charge in [-0.3, -0.25) is 4.79 Å². The minimum absolute atomic E-state index is 0.175. The summed E-state index contributed by atoms with van der Waals surface area (Å²) in [7, 11) is 1.59. The van der Waals surface area contributed by atoms with Gasteiger partial charge in [-0.2, -0.15) is 0 Å². The SMILES string of the molecule is COc1cccc(NC(=O)c2ccn3cc(C)nc3c2)c1. The van der Waals surface area contributed by atoms with Gasteiger partial charge in [-0.1, -0.05) is 6.07 Å². The number of aryl methyl sites for hydroxylation is 1. The number of carbonyl (C=O) groups is 1. The third-order valence-corrected chi connectivity index (χ3v) is 3.17. The van der Waals surface area contributed by atoms with Crippen molar-refractivity contribution in [2.75, 3.05) is 12.4 Å². The van der Waals surface area contributed by atoms with Crippen LogP contribution in [0.2, 0.25) is 0 Å². The van der Waals surface area contributed by atoms with Gasteiger partial charge in [0, 0.05) is 29.7 Å². The quantitative estimate of drug-likeness (QED) is 0.803. The first kappa shape index (κ1) is 13.2. The summed E-state index contributed by atoms with van der Waals surface area (Å²) in [5, 5.41) is 2.85. The van der Waals surface area contributed by atoms with Gasteiger partial charge in [0.25, 0.3) is 5.91 Å². The Bertz CT molecular complexity index is 808. The van der Waals surface area contributed by atoms with Crippen molar-refractivity contribution < 1.29 is 9.53 Å². The van der Waals surface area contributed by atoms with Crippen molar-refractivity contribution in [3.63, 3.8) is 0 Å². The van der Waals surface area contributed by atoms with E-state index < -0.39 is 0 Å². The van der Waals surface area contributed by atoms with Crippen molar-refractivity contribution >= 4 is 17.2 Å². The predicted molar refractivity (Wildman–Crippen MR) is 80.9 cm³/mol. The van der Waals surface area contributed by atoms with Gasteiger partial charge in [0.15, 0.2) is 0 Å². The lowest BCUT2D eigenvalue weighted by molar-refractivity contribution is 0.102. The molecule has 0 bridgehead atoms. The average Bonchev–Trinajstić information content (AvgIpc) is 2.86. The lowest BCUT2D eigenvalue weighted by Gasteiger charge is -2.07. The Kier molecular flexibility index (Phi) is 3.31. The van der Waals surface area contributed by atoms with Crippen molar-refractivity contribution in [3.05, 3.63) is 60.0 Å². The Morgan fingerprint density at radius 3 is 2.95 bits per heavy atom. The molecule has 106 valence electrons. The molecule has 1 amide bonds. The number of carbonyl (C=O) groups excluding carboxylic acids is 1. The molecule has 0 fully saturated rings.